The highest BCUT2D eigenvalue weighted by atomic mass is 35.5. The van der Waals surface area contributed by atoms with Crippen LogP contribution in [0.2, 0.25) is 5.02 Å². The third-order valence-electron chi connectivity index (χ3n) is 5.56. The molecule has 1 heterocycles. The lowest BCUT2D eigenvalue weighted by molar-refractivity contribution is 0.198. The summed E-state index contributed by atoms with van der Waals surface area (Å²) in [5.41, 5.74) is 3.14. The molecule has 0 fully saturated rings. The zero-order valence-corrected chi connectivity index (χ0v) is 18.8. The molecular weight excluding hydrogens is 443 g/mol. The van der Waals surface area contributed by atoms with E-state index in [-0.39, 0.29) is 30.6 Å². The van der Waals surface area contributed by atoms with Crippen molar-refractivity contribution < 1.29 is 18.3 Å². The van der Waals surface area contributed by atoms with Gasteiger partial charge < -0.3 is 9.47 Å². The molecule has 1 atom stereocenters. The molecule has 1 unspecified atom stereocenters. The highest BCUT2D eigenvalue weighted by Gasteiger charge is 2.31. The fourth-order valence-corrected chi connectivity index (χ4v) is 4.32. The number of rotatable bonds is 5. The van der Waals surface area contributed by atoms with Crippen LogP contribution in [0.25, 0.3) is 0 Å². The van der Waals surface area contributed by atoms with Crippen LogP contribution in [-0.2, 0) is 13.0 Å². The van der Waals surface area contributed by atoms with E-state index in [0.29, 0.717) is 23.1 Å². The summed E-state index contributed by atoms with van der Waals surface area (Å²) < 4.78 is 39.7. The van der Waals surface area contributed by atoms with Crippen molar-refractivity contribution >= 4 is 24.0 Å². The Labute approximate surface area is 192 Å². The van der Waals surface area contributed by atoms with E-state index in [2.05, 4.69) is 4.90 Å². The minimum absolute atomic E-state index is 0. The van der Waals surface area contributed by atoms with Crippen LogP contribution >= 0.6 is 24.0 Å². The molecule has 0 N–H and O–H groups in total. The van der Waals surface area contributed by atoms with E-state index < -0.39 is 11.6 Å². The summed E-state index contributed by atoms with van der Waals surface area (Å²) in [6.45, 7) is 0.775. The first-order valence-corrected chi connectivity index (χ1v) is 10.1. The molecule has 31 heavy (non-hydrogen) atoms. The number of hydrogen-bond acceptors (Lipinski definition) is 3. The molecule has 0 aliphatic carbocycles. The summed E-state index contributed by atoms with van der Waals surface area (Å²) in [6, 6.07) is 15.2. The number of ether oxygens (including phenoxy) is 2. The maximum atomic E-state index is 14.4. The predicted molar refractivity (Wildman–Crippen MR) is 121 cm³/mol. The van der Waals surface area contributed by atoms with E-state index in [4.69, 9.17) is 21.1 Å². The van der Waals surface area contributed by atoms with Gasteiger partial charge in [-0.25, -0.2) is 8.78 Å². The average Bonchev–Trinajstić information content (AvgIpc) is 2.75. The first kappa shape index (κ1) is 23.3. The van der Waals surface area contributed by atoms with Gasteiger partial charge >= 0.3 is 0 Å². The Morgan fingerprint density at radius 3 is 2.26 bits per heavy atom. The van der Waals surface area contributed by atoms with E-state index >= 15 is 0 Å². The summed E-state index contributed by atoms with van der Waals surface area (Å²) in [6.07, 6.45) is 0.725. The smallest absolute Gasteiger partial charge is 0.161 e. The molecule has 1 aliphatic heterocycles. The summed E-state index contributed by atoms with van der Waals surface area (Å²) in [7, 11) is 3.20. The van der Waals surface area contributed by atoms with E-state index in [0.717, 1.165) is 23.1 Å². The lowest BCUT2D eigenvalue weighted by atomic mass is 9.87. The normalized spacial score (nSPS) is 15.7. The second-order valence-electron chi connectivity index (χ2n) is 7.28. The van der Waals surface area contributed by atoms with Crippen molar-refractivity contribution in [3.05, 3.63) is 93.5 Å². The minimum atomic E-state index is -0.544. The van der Waals surface area contributed by atoms with Crippen LogP contribution in [0.1, 0.15) is 28.3 Å². The molecule has 0 bridgehead atoms. The van der Waals surface area contributed by atoms with Crippen LogP contribution in [0.3, 0.4) is 0 Å². The summed E-state index contributed by atoms with van der Waals surface area (Å²) >= 11 is 6.27. The van der Waals surface area contributed by atoms with E-state index in [1.54, 1.807) is 14.2 Å². The van der Waals surface area contributed by atoms with Gasteiger partial charge in [-0.1, -0.05) is 29.8 Å². The lowest BCUT2D eigenvalue weighted by Gasteiger charge is -2.38. The van der Waals surface area contributed by atoms with Gasteiger partial charge in [0.1, 0.15) is 11.6 Å². The Morgan fingerprint density at radius 1 is 0.968 bits per heavy atom. The Morgan fingerprint density at radius 2 is 1.61 bits per heavy atom. The van der Waals surface area contributed by atoms with Gasteiger partial charge in [0.2, 0.25) is 0 Å². The maximum absolute atomic E-state index is 14.4. The van der Waals surface area contributed by atoms with Crippen LogP contribution < -0.4 is 9.47 Å². The van der Waals surface area contributed by atoms with Gasteiger partial charge in [0.15, 0.2) is 11.5 Å². The average molecular weight is 466 g/mol. The number of fused-ring (bicyclic) bond motifs is 1. The molecule has 0 spiro atoms. The van der Waals surface area contributed by atoms with Crippen molar-refractivity contribution in [2.24, 2.45) is 0 Å². The maximum Gasteiger partial charge on any atom is 0.161 e. The molecule has 0 saturated carbocycles. The monoisotopic (exact) mass is 465 g/mol. The van der Waals surface area contributed by atoms with Gasteiger partial charge in [-0.05, 0) is 59.5 Å². The zero-order chi connectivity index (χ0) is 21.3. The number of hydrogen-bond donors (Lipinski definition) is 0. The Balaban J connectivity index is 0.00000272. The fraction of sp³-hybridized carbons (Fsp3) is 0.250. The number of benzene rings is 3. The quantitative estimate of drug-likeness (QED) is 0.447. The standard InChI is InChI=1S/C24H22ClF2NO2.ClH/c1-29-22-12-15-9-10-28(14-19-20(26)7-4-8-21(19)27)24(18(15)13-23(22)30-2)16-5-3-6-17(25)11-16;/h3-8,11-13,24H,9-10,14H2,1-2H3;1H. The van der Waals surface area contributed by atoms with Gasteiger partial charge in [-0.2, -0.15) is 0 Å². The highest BCUT2D eigenvalue weighted by Crippen LogP contribution is 2.42. The third kappa shape index (κ3) is 4.64. The molecule has 3 aromatic carbocycles. The molecular formula is C24H23Cl2F2NO2. The van der Waals surface area contributed by atoms with Crippen molar-refractivity contribution in [1.82, 2.24) is 4.90 Å². The molecule has 4 rings (SSSR count). The number of halogens is 4. The largest absolute Gasteiger partial charge is 0.493 e. The van der Waals surface area contributed by atoms with Crippen molar-refractivity contribution in [2.45, 2.75) is 19.0 Å². The van der Waals surface area contributed by atoms with Crippen molar-refractivity contribution in [3.8, 4) is 11.5 Å². The minimum Gasteiger partial charge on any atom is -0.493 e. The molecule has 0 saturated heterocycles. The molecule has 164 valence electrons. The predicted octanol–water partition coefficient (Wildman–Crippen LogP) is 6.20. The van der Waals surface area contributed by atoms with Gasteiger partial charge in [0.25, 0.3) is 0 Å². The van der Waals surface area contributed by atoms with E-state index in [9.17, 15) is 8.78 Å². The summed E-state index contributed by atoms with van der Waals surface area (Å²) in [5.74, 6) is 0.188. The van der Waals surface area contributed by atoms with Crippen LogP contribution in [0.15, 0.2) is 54.6 Å². The summed E-state index contributed by atoms with van der Waals surface area (Å²) in [5, 5.41) is 0.608. The molecule has 0 amide bonds. The SMILES string of the molecule is COc1cc2c(cc1OC)C(c1cccc(Cl)c1)N(Cc1c(F)cccc1F)CC2.Cl. The van der Waals surface area contributed by atoms with Crippen molar-refractivity contribution in [1.29, 1.82) is 0 Å². The lowest BCUT2D eigenvalue weighted by Crippen LogP contribution is -2.36. The second-order valence-corrected chi connectivity index (χ2v) is 7.72. The van der Waals surface area contributed by atoms with Crippen molar-refractivity contribution in [2.75, 3.05) is 20.8 Å². The van der Waals surface area contributed by atoms with Gasteiger partial charge in [0, 0.05) is 23.7 Å². The molecule has 3 aromatic rings. The first-order chi connectivity index (χ1) is 14.5. The molecule has 3 nitrogen and oxygen atoms in total. The Kier molecular flexibility index (Phi) is 7.42. The zero-order valence-electron chi connectivity index (χ0n) is 17.2. The third-order valence-corrected chi connectivity index (χ3v) is 5.80. The number of nitrogens with zero attached hydrogens (tertiary/aromatic N) is 1. The van der Waals surface area contributed by atoms with Gasteiger partial charge in [-0.15, -0.1) is 12.4 Å². The van der Waals surface area contributed by atoms with Crippen LogP contribution in [0.4, 0.5) is 8.78 Å². The highest BCUT2D eigenvalue weighted by molar-refractivity contribution is 6.30. The van der Waals surface area contributed by atoms with Crippen LogP contribution in [-0.4, -0.2) is 25.7 Å². The second kappa shape index (κ2) is 9.86. The molecule has 7 heteroatoms. The van der Waals surface area contributed by atoms with Gasteiger partial charge in [-0.3, -0.25) is 4.90 Å². The topological polar surface area (TPSA) is 21.7 Å². The molecule has 1 aliphatic rings. The molecule has 0 radical (unpaired) electrons. The summed E-state index contributed by atoms with van der Waals surface area (Å²) in [4.78, 5) is 2.07. The van der Waals surface area contributed by atoms with E-state index in [1.165, 1.54) is 18.2 Å². The fourth-order valence-electron chi connectivity index (χ4n) is 4.12. The number of methoxy groups -OCH3 is 2. The van der Waals surface area contributed by atoms with Gasteiger partial charge in [0.05, 0.1) is 20.3 Å². The van der Waals surface area contributed by atoms with E-state index in [1.807, 2.05) is 36.4 Å². The van der Waals surface area contributed by atoms with Crippen LogP contribution in [0, 0.1) is 11.6 Å². The van der Waals surface area contributed by atoms with Crippen molar-refractivity contribution in [3.63, 3.8) is 0 Å². The molecule has 0 aromatic heterocycles. The first-order valence-electron chi connectivity index (χ1n) is 9.69. The Bertz CT molecular complexity index is 1060. The Hall–Kier alpha value is -2.34. The van der Waals surface area contributed by atoms with Crippen LogP contribution in [0.5, 0.6) is 11.5 Å².